The quantitative estimate of drug-likeness (QED) is 0.618. The first-order valence-corrected chi connectivity index (χ1v) is 10.1. The minimum Gasteiger partial charge on any atom is -0.372 e. The lowest BCUT2D eigenvalue weighted by Crippen LogP contribution is -2.23. The number of allylic oxidation sites excluding steroid dienone is 1. The maximum Gasteiger partial charge on any atom is 0.193 e. The summed E-state index contributed by atoms with van der Waals surface area (Å²) >= 11 is 0. The number of nitrogens with zero attached hydrogens (tertiary/aromatic N) is 1. The van der Waals surface area contributed by atoms with Crippen molar-refractivity contribution in [1.29, 1.82) is 0 Å². The maximum absolute atomic E-state index is 12.9. The van der Waals surface area contributed by atoms with E-state index in [1.807, 2.05) is 60.7 Å². The molecule has 0 radical (unpaired) electrons. The van der Waals surface area contributed by atoms with E-state index in [-0.39, 0.29) is 17.6 Å². The van der Waals surface area contributed by atoms with Gasteiger partial charge >= 0.3 is 0 Å². The number of nitrogens with one attached hydrogen (secondary N) is 2. The first-order valence-electron chi connectivity index (χ1n) is 10.1. The second-order valence-electron chi connectivity index (χ2n) is 7.61. The molecule has 30 heavy (non-hydrogen) atoms. The Morgan fingerprint density at radius 3 is 2.50 bits per heavy atom. The van der Waals surface area contributed by atoms with Gasteiger partial charge in [-0.25, -0.2) is 0 Å². The van der Waals surface area contributed by atoms with Crippen LogP contribution < -0.4 is 10.6 Å². The predicted octanol–water partition coefficient (Wildman–Crippen LogP) is 4.90. The van der Waals surface area contributed by atoms with Crippen LogP contribution in [0.4, 0.5) is 11.4 Å². The molecule has 148 valence electrons. The number of anilines is 2. The van der Waals surface area contributed by atoms with Crippen molar-refractivity contribution in [3.05, 3.63) is 101 Å². The number of ketones is 2. The predicted molar refractivity (Wildman–Crippen MR) is 116 cm³/mol. The fourth-order valence-corrected chi connectivity index (χ4v) is 4.20. The lowest BCUT2D eigenvalue weighted by atomic mass is 9.87. The van der Waals surface area contributed by atoms with Crippen LogP contribution in [0.2, 0.25) is 0 Å². The molecule has 3 aromatic rings. The van der Waals surface area contributed by atoms with Gasteiger partial charge in [0.1, 0.15) is 0 Å². The fourth-order valence-electron chi connectivity index (χ4n) is 4.20. The Balaban J connectivity index is 1.58. The van der Waals surface area contributed by atoms with Crippen LogP contribution in [-0.2, 0) is 4.79 Å². The van der Waals surface area contributed by atoms with Gasteiger partial charge in [-0.1, -0.05) is 30.3 Å². The van der Waals surface area contributed by atoms with Gasteiger partial charge in [0.25, 0.3) is 0 Å². The van der Waals surface area contributed by atoms with E-state index >= 15 is 0 Å². The van der Waals surface area contributed by atoms with E-state index < -0.39 is 0 Å². The second-order valence-corrected chi connectivity index (χ2v) is 7.61. The zero-order valence-corrected chi connectivity index (χ0v) is 16.4. The monoisotopic (exact) mass is 395 g/mol. The number of rotatable bonds is 3. The summed E-state index contributed by atoms with van der Waals surface area (Å²) < 4.78 is 0. The lowest BCUT2D eigenvalue weighted by molar-refractivity contribution is -0.116. The summed E-state index contributed by atoms with van der Waals surface area (Å²) in [4.78, 5) is 29.9. The van der Waals surface area contributed by atoms with Crippen LogP contribution in [-0.4, -0.2) is 16.6 Å². The first-order chi connectivity index (χ1) is 14.7. The van der Waals surface area contributed by atoms with Crippen molar-refractivity contribution >= 4 is 22.9 Å². The van der Waals surface area contributed by atoms with E-state index in [0.717, 1.165) is 41.1 Å². The summed E-state index contributed by atoms with van der Waals surface area (Å²) in [6.45, 7) is 0. The highest BCUT2D eigenvalue weighted by Crippen LogP contribution is 2.40. The van der Waals surface area contributed by atoms with Crippen molar-refractivity contribution in [2.45, 2.75) is 25.3 Å². The zero-order chi connectivity index (χ0) is 20.5. The van der Waals surface area contributed by atoms with Crippen molar-refractivity contribution in [2.24, 2.45) is 0 Å². The van der Waals surface area contributed by atoms with Crippen LogP contribution in [0.1, 0.15) is 46.8 Å². The third-order valence-electron chi connectivity index (χ3n) is 5.69. The molecule has 2 aromatic carbocycles. The standard InChI is InChI=1S/C25H21N3O2/c29-22-8-4-7-20-23(22)24(16-11-13-26-14-12-16)28-19-10-9-18(15-21(19)27-20)25(30)17-5-2-1-3-6-17/h1-3,5-6,9-15,24,27-28H,4,7-8H2/t24-/m1/s1. The summed E-state index contributed by atoms with van der Waals surface area (Å²) in [5, 5.41) is 7.00. The number of hydrogen-bond donors (Lipinski definition) is 2. The molecule has 5 rings (SSSR count). The molecule has 2 N–H and O–H groups in total. The molecule has 5 heteroatoms. The van der Waals surface area contributed by atoms with Crippen LogP contribution in [0.15, 0.2) is 84.3 Å². The number of carbonyl (C=O) groups excluding carboxylic acids is 2. The molecule has 0 fully saturated rings. The number of carbonyl (C=O) groups is 2. The number of fused-ring (bicyclic) bond motifs is 1. The van der Waals surface area contributed by atoms with Crippen LogP contribution in [0.25, 0.3) is 0 Å². The van der Waals surface area contributed by atoms with Gasteiger partial charge in [-0.15, -0.1) is 0 Å². The highest BCUT2D eigenvalue weighted by atomic mass is 16.1. The van der Waals surface area contributed by atoms with E-state index in [9.17, 15) is 9.59 Å². The van der Waals surface area contributed by atoms with Crippen molar-refractivity contribution < 1.29 is 9.59 Å². The Morgan fingerprint density at radius 1 is 0.900 bits per heavy atom. The Labute approximate surface area is 174 Å². The van der Waals surface area contributed by atoms with Crippen molar-refractivity contribution in [3.8, 4) is 0 Å². The van der Waals surface area contributed by atoms with Gasteiger partial charge in [-0.2, -0.15) is 0 Å². The highest BCUT2D eigenvalue weighted by Gasteiger charge is 2.32. The van der Waals surface area contributed by atoms with Crippen LogP contribution in [0.5, 0.6) is 0 Å². The SMILES string of the molecule is O=C1CCCC2=C1[C@@H](c1ccncc1)Nc1ccc(C(=O)c3ccccc3)cc1N2. The molecule has 1 atom stereocenters. The third-order valence-corrected chi connectivity index (χ3v) is 5.69. The molecule has 1 aliphatic carbocycles. The molecule has 0 amide bonds. The van der Waals surface area contributed by atoms with E-state index in [2.05, 4.69) is 15.6 Å². The smallest absolute Gasteiger partial charge is 0.193 e. The number of benzene rings is 2. The number of Topliss-reactive ketones (excluding diaryl/α,β-unsaturated/α-hetero) is 1. The van der Waals surface area contributed by atoms with E-state index in [0.29, 0.717) is 17.5 Å². The largest absolute Gasteiger partial charge is 0.372 e. The molecule has 2 heterocycles. The Bertz CT molecular complexity index is 1150. The second kappa shape index (κ2) is 7.59. The normalized spacial score (nSPS) is 17.9. The minimum absolute atomic E-state index is 0.0240. The molecule has 0 saturated heterocycles. The molecule has 1 aromatic heterocycles. The Kier molecular flexibility index (Phi) is 4.64. The molecule has 0 unspecified atom stereocenters. The van der Waals surface area contributed by atoms with Gasteiger partial charge in [0.15, 0.2) is 11.6 Å². The average Bonchev–Trinajstić information content (AvgIpc) is 2.96. The molecule has 0 bridgehead atoms. The van der Waals surface area contributed by atoms with Crippen LogP contribution in [0, 0.1) is 0 Å². The summed E-state index contributed by atoms with van der Waals surface area (Å²) in [5.41, 5.74) is 5.65. The van der Waals surface area contributed by atoms with Crippen molar-refractivity contribution in [2.75, 3.05) is 10.6 Å². The maximum atomic E-state index is 12.9. The summed E-state index contributed by atoms with van der Waals surface area (Å²) in [6, 6.07) is 18.5. The van der Waals surface area contributed by atoms with Gasteiger partial charge in [0.2, 0.25) is 0 Å². The van der Waals surface area contributed by atoms with Crippen LogP contribution in [0.3, 0.4) is 0 Å². The van der Waals surface area contributed by atoms with Gasteiger partial charge in [0, 0.05) is 41.2 Å². The molecule has 5 nitrogen and oxygen atoms in total. The molecule has 1 aliphatic heterocycles. The van der Waals surface area contributed by atoms with Gasteiger partial charge in [0.05, 0.1) is 17.4 Å². The summed E-state index contributed by atoms with van der Waals surface area (Å²) in [5.74, 6) is 0.135. The average molecular weight is 395 g/mol. The number of pyridine rings is 1. The first kappa shape index (κ1) is 18.3. The molecule has 2 aliphatic rings. The van der Waals surface area contributed by atoms with Gasteiger partial charge in [-0.3, -0.25) is 14.6 Å². The topological polar surface area (TPSA) is 71.1 Å². The summed E-state index contributed by atoms with van der Waals surface area (Å²) in [6.07, 6.45) is 5.67. The van der Waals surface area contributed by atoms with Crippen molar-refractivity contribution in [3.63, 3.8) is 0 Å². The van der Waals surface area contributed by atoms with E-state index in [4.69, 9.17) is 0 Å². The molecular formula is C25H21N3O2. The van der Waals surface area contributed by atoms with E-state index in [1.165, 1.54) is 0 Å². The third kappa shape index (κ3) is 3.28. The molecule has 0 spiro atoms. The summed E-state index contributed by atoms with van der Waals surface area (Å²) in [7, 11) is 0. The highest BCUT2D eigenvalue weighted by molar-refractivity contribution is 6.10. The number of hydrogen-bond acceptors (Lipinski definition) is 5. The van der Waals surface area contributed by atoms with Gasteiger partial charge < -0.3 is 10.6 Å². The fraction of sp³-hybridized carbons (Fsp3) is 0.160. The molecule has 0 saturated carbocycles. The lowest BCUT2D eigenvalue weighted by Gasteiger charge is -2.25. The number of aromatic nitrogens is 1. The Morgan fingerprint density at radius 2 is 1.70 bits per heavy atom. The van der Waals surface area contributed by atoms with Crippen LogP contribution >= 0.6 is 0 Å². The van der Waals surface area contributed by atoms with Gasteiger partial charge in [-0.05, 0) is 48.7 Å². The zero-order valence-electron chi connectivity index (χ0n) is 16.4. The minimum atomic E-state index is -0.250. The van der Waals surface area contributed by atoms with Crippen molar-refractivity contribution in [1.82, 2.24) is 4.98 Å². The van der Waals surface area contributed by atoms with E-state index in [1.54, 1.807) is 12.4 Å². The Hall–Kier alpha value is -3.73. The molecular weight excluding hydrogens is 374 g/mol.